The minimum absolute atomic E-state index is 0.654. The Hall–Kier alpha value is -1.67. The molecule has 76 valence electrons. The Kier molecular flexibility index (Phi) is 2.52. The number of nitrogens with zero attached hydrogens (tertiary/aromatic N) is 1. The van der Waals surface area contributed by atoms with Gasteiger partial charge in [0.1, 0.15) is 6.10 Å². The van der Waals surface area contributed by atoms with Crippen LogP contribution in [0.1, 0.15) is 18.7 Å². The van der Waals surface area contributed by atoms with Gasteiger partial charge in [-0.05, 0) is 24.6 Å². The molecule has 0 aliphatic carbocycles. The first-order valence-electron chi connectivity index (χ1n) is 4.87. The van der Waals surface area contributed by atoms with Crippen molar-refractivity contribution < 1.29 is 5.11 Å². The van der Waals surface area contributed by atoms with E-state index in [1.165, 1.54) is 0 Å². The van der Waals surface area contributed by atoms with Gasteiger partial charge in [0.15, 0.2) is 0 Å². The summed E-state index contributed by atoms with van der Waals surface area (Å²) in [7, 11) is 0. The number of pyridine rings is 1. The van der Waals surface area contributed by atoms with Gasteiger partial charge >= 0.3 is 0 Å². The molecule has 0 bridgehead atoms. The second-order valence-corrected chi connectivity index (χ2v) is 3.68. The number of aliphatic hydroxyl groups excluding tert-OH is 1. The van der Waals surface area contributed by atoms with E-state index < -0.39 is 6.10 Å². The Morgan fingerprint density at radius 1 is 1.27 bits per heavy atom. The topological polar surface area (TPSA) is 33.1 Å². The number of aromatic nitrogens is 1. The van der Waals surface area contributed by atoms with Crippen LogP contribution in [0.5, 0.6) is 0 Å². The Labute approximate surface area is 88.9 Å². The molecule has 0 fully saturated rings. The fourth-order valence-corrected chi connectivity index (χ4v) is 1.49. The zero-order chi connectivity index (χ0) is 10.8. The maximum absolute atomic E-state index is 9.80. The van der Waals surface area contributed by atoms with E-state index in [0.29, 0.717) is 11.3 Å². The highest BCUT2D eigenvalue weighted by Crippen LogP contribution is 2.20. The molecule has 1 atom stereocenters. The lowest BCUT2D eigenvalue weighted by atomic mass is 10.1. The lowest BCUT2D eigenvalue weighted by Gasteiger charge is -2.09. The van der Waals surface area contributed by atoms with Crippen molar-refractivity contribution in [2.45, 2.75) is 13.0 Å². The van der Waals surface area contributed by atoms with Crippen LogP contribution in [0.15, 0.2) is 48.6 Å². The summed E-state index contributed by atoms with van der Waals surface area (Å²) >= 11 is 0. The van der Waals surface area contributed by atoms with E-state index in [1.807, 2.05) is 36.4 Å². The summed E-state index contributed by atoms with van der Waals surface area (Å²) in [6, 6.07) is 11.6. The monoisotopic (exact) mass is 199 g/mol. The molecule has 0 saturated heterocycles. The van der Waals surface area contributed by atoms with Crippen LogP contribution in [-0.4, -0.2) is 10.1 Å². The predicted octanol–water partition coefficient (Wildman–Crippen LogP) is 2.84. The molecule has 0 radical (unpaired) electrons. The van der Waals surface area contributed by atoms with E-state index in [0.717, 1.165) is 10.9 Å². The Morgan fingerprint density at radius 2 is 2.00 bits per heavy atom. The van der Waals surface area contributed by atoms with Gasteiger partial charge in [0.05, 0.1) is 11.2 Å². The number of para-hydroxylation sites is 1. The lowest BCUT2D eigenvalue weighted by Crippen LogP contribution is -2.00. The van der Waals surface area contributed by atoms with Crippen molar-refractivity contribution in [1.82, 2.24) is 4.98 Å². The summed E-state index contributed by atoms with van der Waals surface area (Å²) in [6.45, 7) is 5.51. The van der Waals surface area contributed by atoms with Gasteiger partial charge in [0.2, 0.25) is 0 Å². The lowest BCUT2D eigenvalue weighted by molar-refractivity contribution is 0.212. The zero-order valence-electron chi connectivity index (χ0n) is 8.64. The largest absolute Gasteiger partial charge is 0.382 e. The van der Waals surface area contributed by atoms with Crippen molar-refractivity contribution in [3.63, 3.8) is 0 Å². The summed E-state index contributed by atoms with van der Waals surface area (Å²) < 4.78 is 0. The van der Waals surface area contributed by atoms with Crippen molar-refractivity contribution in [3.05, 3.63) is 54.2 Å². The van der Waals surface area contributed by atoms with E-state index in [2.05, 4.69) is 11.6 Å². The van der Waals surface area contributed by atoms with Gasteiger partial charge in [-0.25, -0.2) is 4.98 Å². The minimum atomic E-state index is -0.672. The van der Waals surface area contributed by atoms with Crippen LogP contribution in [0.2, 0.25) is 0 Å². The van der Waals surface area contributed by atoms with Gasteiger partial charge in [0, 0.05) is 5.39 Å². The summed E-state index contributed by atoms with van der Waals surface area (Å²) in [6.07, 6.45) is -0.672. The number of hydrogen-bond donors (Lipinski definition) is 1. The van der Waals surface area contributed by atoms with Crippen LogP contribution in [0.4, 0.5) is 0 Å². The number of benzene rings is 1. The standard InChI is InChI=1S/C13H13NO/c1-9(2)13(15)12-8-7-10-5-3-4-6-11(10)14-12/h3-8,13,15H,1H2,2H3. The summed E-state index contributed by atoms with van der Waals surface area (Å²) in [5, 5.41) is 10.9. The third kappa shape index (κ3) is 1.90. The quantitative estimate of drug-likeness (QED) is 0.754. The molecular weight excluding hydrogens is 186 g/mol. The second kappa shape index (κ2) is 3.83. The molecule has 0 amide bonds. The van der Waals surface area contributed by atoms with E-state index >= 15 is 0 Å². The van der Waals surface area contributed by atoms with Crippen molar-refractivity contribution in [2.24, 2.45) is 0 Å². The maximum atomic E-state index is 9.80. The summed E-state index contributed by atoms with van der Waals surface area (Å²) in [5.74, 6) is 0. The van der Waals surface area contributed by atoms with Gasteiger partial charge in [-0.15, -0.1) is 0 Å². The second-order valence-electron chi connectivity index (χ2n) is 3.68. The molecule has 2 rings (SSSR count). The summed E-state index contributed by atoms with van der Waals surface area (Å²) in [4.78, 5) is 4.39. The molecule has 0 saturated carbocycles. The van der Waals surface area contributed by atoms with E-state index in [-0.39, 0.29) is 0 Å². The van der Waals surface area contributed by atoms with Crippen LogP contribution in [0.25, 0.3) is 10.9 Å². The Bertz CT molecular complexity index is 505. The maximum Gasteiger partial charge on any atom is 0.116 e. The van der Waals surface area contributed by atoms with Gasteiger partial charge in [-0.1, -0.05) is 30.8 Å². The van der Waals surface area contributed by atoms with Crippen LogP contribution in [0.3, 0.4) is 0 Å². The SMILES string of the molecule is C=C(C)C(O)c1ccc2ccccc2n1. The number of aliphatic hydroxyl groups is 1. The third-order valence-electron chi connectivity index (χ3n) is 2.37. The van der Waals surface area contributed by atoms with Gasteiger partial charge in [-0.2, -0.15) is 0 Å². The van der Waals surface area contributed by atoms with Gasteiger partial charge in [0.25, 0.3) is 0 Å². The fourth-order valence-electron chi connectivity index (χ4n) is 1.49. The molecule has 2 nitrogen and oxygen atoms in total. The van der Waals surface area contributed by atoms with E-state index in [1.54, 1.807) is 6.92 Å². The molecule has 1 aromatic carbocycles. The smallest absolute Gasteiger partial charge is 0.116 e. The van der Waals surface area contributed by atoms with Crippen molar-refractivity contribution >= 4 is 10.9 Å². The molecule has 0 aliphatic rings. The average molecular weight is 199 g/mol. The van der Waals surface area contributed by atoms with Crippen LogP contribution >= 0.6 is 0 Å². The molecule has 2 aromatic rings. The average Bonchev–Trinajstić information content (AvgIpc) is 2.27. The molecule has 1 aromatic heterocycles. The van der Waals surface area contributed by atoms with E-state index in [4.69, 9.17) is 0 Å². The molecule has 1 N–H and O–H groups in total. The summed E-state index contributed by atoms with van der Waals surface area (Å²) in [5.41, 5.74) is 2.26. The highest BCUT2D eigenvalue weighted by atomic mass is 16.3. The van der Waals surface area contributed by atoms with Crippen molar-refractivity contribution in [1.29, 1.82) is 0 Å². The minimum Gasteiger partial charge on any atom is -0.382 e. The first-order chi connectivity index (χ1) is 7.18. The molecular formula is C13H13NO. The third-order valence-corrected chi connectivity index (χ3v) is 2.37. The molecule has 2 heteroatoms. The normalized spacial score (nSPS) is 12.7. The molecule has 1 heterocycles. The van der Waals surface area contributed by atoms with Crippen LogP contribution in [-0.2, 0) is 0 Å². The fraction of sp³-hybridized carbons (Fsp3) is 0.154. The van der Waals surface area contributed by atoms with Gasteiger partial charge in [-0.3, -0.25) is 0 Å². The van der Waals surface area contributed by atoms with Crippen molar-refractivity contribution in [2.75, 3.05) is 0 Å². The number of fused-ring (bicyclic) bond motifs is 1. The van der Waals surface area contributed by atoms with Crippen LogP contribution in [0, 0.1) is 0 Å². The number of rotatable bonds is 2. The molecule has 0 aliphatic heterocycles. The van der Waals surface area contributed by atoms with E-state index in [9.17, 15) is 5.11 Å². The zero-order valence-corrected chi connectivity index (χ0v) is 8.64. The Balaban J connectivity index is 2.51. The first-order valence-corrected chi connectivity index (χ1v) is 4.87. The molecule has 15 heavy (non-hydrogen) atoms. The molecule has 0 spiro atoms. The van der Waals surface area contributed by atoms with Crippen LogP contribution < -0.4 is 0 Å². The first kappa shape index (κ1) is 9.87. The highest BCUT2D eigenvalue weighted by molar-refractivity contribution is 5.78. The van der Waals surface area contributed by atoms with Crippen molar-refractivity contribution in [3.8, 4) is 0 Å². The van der Waals surface area contributed by atoms with Gasteiger partial charge < -0.3 is 5.11 Å². The number of hydrogen-bond acceptors (Lipinski definition) is 2. The molecule has 1 unspecified atom stereocenters. The highest BCUT2D eigenvalue weighted by Gasteiger charge is 2.09. The predicted molar refractivity (Wildman–Crippen MR) is 61.5 cm³/mol. The Morgan fingerprint density at radius 3 is 2.73 bits per heavy atom.